The maximum Gasteiger partial charge on any atom is 0.124 e. The quantitative estimate of drug-likeness (QED) is 0.398. The zero-order valence-corrected chi connectivity index (χ0v) is 22.5. The van der Waals surface area contributed by atoms with Crippen molar-refractivity contribution in [3.8, 4) is 5.75 Å². The maximum atomic E-state index is 10.8. The van der Waals surface area contributed by atoms with Gasteiger partial charge in [0.25, 0.3) is 0 Å². The van der Waals surface area contributed by atoms with E-state index in [0.717, 1.165) is 60.7 Å². The summed E-state index contributed by atoms with van der Waals surface area (Å²) in [6.45, 7) is 7.66. The van der Waals surface area contributed by atoms with E-state index in [1.54, 1.807) is 12.7 Å². The molecule has 35 heavy (non-hydrogen) atoms. The first-order valence-electron chi connectivity index (χ1n) is 14.5. The fourth-order valence-electron chi connectivity index (χ4n) is 9.55. The molecular weight excluding hydrogens is 432 g/mol. The Morgan fingerprint density at radius 3 is 2.63 bits per heavy atom. The summed E-state index contributed by atoms with van der Waals surface area (Å²) >= 11 is 0. The van der Waals surface area contributed by atoms with Gasteiger partial charge >= 0.3 is 0 Å². The van der Waals surface area contributed by atoms with Gasteiger partial charge in [0, 0.05) is 5.56 Å². The molecule has 194 valence electrons. The van der Waals surface area contributed by atoms with Gasteiger partial charge in [0.2, 0.25) is 0 Å². The van der Waals surface area contributed by atoms with E-state index in [2.05, 4.69) is 26.8 Å². The van der Waals surface area contributed by atoms with Crippen molar-refractivity contribution >= 4 is 0 Å². The van der Waals surface area contributed by atoms with Gasteiger partial charge in [-0.15, -0.1) is 0 Å². The van der Waals surface area contributed by atoms with Crippen molar-refractivity contribution in [3.63, 3.8) is 0 Å². The van der Waals surface area contributed by atoms with Crippen LogP contribution in [0.15, 0.2) is 35.9 Å². The number of methoxy groups -OCH3 is 1. The van der Waals surface area contributed by atoms with Crippen molar-refractivity contribution in [2.24, 2.45) is 40.4 Å². The molecule has 1 aromatic rings. The SMILES string of the molecule is COc1ccccc1C(O)CCCC(C)[C@H]1CC[C@H]2[C@@H]3CC=C4C[C@@H](O)CC[C@]4(C)[C@H]3CC[C@]12C. The van der Waals surface area contributed by atoms with Crippen LogP contribution in [0.4, 0.5) is 0 Å². The molecule has 3 heteroatoms. The van der Waals surface area contributed by atoms with E-state index in [1.165, 1.54) is 44.9 Å². The van der Waals surface area contributed by atoms with Gasteiger partial charge in [0.1, 0.15) is 5.75 Å². The topological polar surface area (TPSA) is 49.7 Å². The van der Waals surface area contributed by atoms with Crippen LogP contribution in [0.1, 0.15) is 103 Å². The van der Waals surface area contributed by atoms with Crippen LogP contribution in [0.2, 0.25) is 0 Å². The van der Waals surface area contributed by atoms with Gasteiger partial charge in [-0.3, -0.25) is 0 Å². The summed E-state index contributed by atoms with van der Waals surface area (Å²) in [5, 5.41) is 21.1. The molecule has 4 aliphatic rings. The monoisotopic (exact) mass is 480 g/mol. The molecule has 5 rings (SSSR count). The van der Waals surface area contributed by atoms with Crippen LogP contribution in [-0.2, 0) is 0 Å². The molecule has 3 saturated carbocycles. The largest absolute Gasteiger partial charge is 0.496 e. The Kier molecular flexibility index (Phi) is 7.14. The molecule has 0 amide bonds. The van der Waals surface area contributed by atoms with Gasteiger partial charge in [-0.25, -0.2) is 0 Å². The number of aliphatic hydroxyl groups excluding tert-OH is 2. The van der Waals surface area contributed by atoms with E-state index in [1.807, 2.05) is 24.3 Å². The summed E-state index contributed by atoms with van der Waals surface area (Å²) in [7, 11) is 1.68. The van der Waals surface area contributed by atoms with Crippen molar-refractivity contribution in [3.05, 3.63) is 41.5 Å². The molecule has 3 nitrogen and oxygen atoms in total. The van der Waals surface area contributed by atoms with E-state index in [4.69, 9.17) is 4.74 Å². The lowest BCUT2D eigenvalue weighted by Crippen LogP contribution is -2.50. The highest BCUT2D eigenvalue weighted by Crippen LogP contribution is 2.67. The smallest absolute Gasteiger partial charge is 0.124 e. The minimum absolute atomic E-state index is 0.113. The summed E-state index contributed by atoms with van der Waals surface area (Å²) < 4.78 is 5.46. The third-order valence-electron chi connectivity index (χ3n) is 11.5. The highest BCUT2D eigenvalue weighted by atomic mass is 16.5. The highest BCUT2D eigenvalue weighted by Gasteiger charge is 2.59. The van der Waals surface area contributed by atoms with E-state index in [0.29, 0.717) is 16.7 Å². The number of ether oxygens (including phenoxy) is 1. The molecular formula is C32H48O3. The first-order valence-corrected chi connectivity index (χ1v) is 14.5. The lowest BCUT2D eigenvalue weighted by Gasteiger charge is -2.58. The molecule has 9 atom stereocenters. The number of benzene rings is 1. The molecule has 0 saturated heterocycles. The summed E-state index contributed by atoms with van der Waals surface area (Å²) in [5.74, 6) is 4.82. The van der Waals surface area contributed by atoms with E-state index < -0.39 is 6.10 Å². The van der Waals surface area contributed by atoms with Gasteiger partial charge in [0.15, 0.2) is 0 Å². The second-order valence-electron chi connectivity index (χ2n) is 13.1. The number of allylic oxidation sites excluding steroid dienone is 1. The average Bonchev–Trinajstić information content (AvgIpc) is 3.21. The van der Waals surface area contributed by atoms with Crippen molar-refractivity contribution in [2.75, 3.05) is 7.11 Å². The standard InChI is InChI=1S/C32H48O3/c1-21(8-7-10-29(34)25-9-5-6-11-30(25)35-4)26-14-15-27-24-13-12-22-20-23(33)16-18-31(22,2)28(24)17-19-32(26,27)3/h5-6,9,11-12,21,23-24,26-29,33-34H,7-8,10,13-20H2,1-4H3/t21?,23-,24-,26+,27-,28-,29?,31-,32+/m0/s1. The third-order valence-corrected chi connectivity index (χ3v) is 11.5. The summed E-state index contributed by atoms with van der Waals surface area (Å²) in [5.41, 5.74) is 3.31. The summed E-state index contributed by atoms with van der Waals surface area (Å²) in [6.07, 6.45) is 14.9. The van der Waals surface area contributed by atoms with Crippen LogP contribution < -0.4 is 4.74 Å². The van der Waals surface area contributed by atoms with Crippen molar-refractivity contribution in [1.29, 1.82) is 0 Å². The van der Waals surface area contributed by atoms with E-state index in [-0.39, 0.29) is 6.10 Å². The first-order chi connectivity index (χ1) is 16.8. The minimum Gasteiger partial charge on any atom is -0.496 e. The van der Waals surface area contributed by atoms with Crippen LogP contribution >= 0.6 is 0 Å². The van der Waals surface area contributed by atoms with Crippen LogP contribution in [0.5, 0.6) is 5.75 Å². The number of hydrogen-bond acceptors (Lipinski definition) is 3. The van der Waals surface area contributed by atoms with Crippen molar-refractivity contribution in [1.82, 2.24) is 0 Å². The zero-order chi connectivity index (χ0) is 24.8. The molecule has 0 spiro atoms. The lowest BCUT2D eigenvalue weighted by atomic mass is 9.47. The summed E-state index contributed by atoms with van der Waals surface area (Å²) in [6, 6.07) is 7.88. The Balaban J connectivity index is 1.22. The van der Waals surface area contributed by atoms with Crippen molar-refractivity contribution < 1.29 is 14.9 Å². The molecule has 0 aliphatic heterocycles. The number of hydrogen-bond donors (Lipinski definition) is 2. The predicted octanol–water partition coefficient (Wildman–Crippen LogP) is 7.47. The second kappa shape index (κ2) is 9.86. The number of fused-ring (bicyclic) bond motifs is 5. The molecule has 0 aromatic heterocycles. The Bertz CT molecular complexity index is 923. The van der Waals surface area contributed by atoms with Gasteiger partial charge in [-0.05, 0) is 104 Å². The van der Waals surface area contributed by atoms with Gasteiger partial charge in [-0.2, -0.15) is 0 Å². The zero-order valence-electron chi connectivity index (χ0n) is 22.5. The van der Waals surface area contributed by atoms with Crippen LogP contribution in [0, 0.1) is 40.4 Å². The number of aliphatic hydroxyl groups is 2. The van der Waals surface area contributed by atoms with E-state index >= 15 is 0 Å². The van der Waals surface area contributed by atoms with Crippen molar-refractivity contribution in [2.45, 2.75) is 104 Å². The van der Waals surface area contributed by atoms with Crippen LogP contribution in [0.25, 0.3) is 0 Å². The molecule has 1 aromatic carbocycles. The van der Waals surface area contributed by atoms with Gasteiger partial charge in [-0.1, -0.05) is 63.5 Å². The Morgan fingerprint density at radius 1 is 1.03 bits per heavy atom. The maximum absolute atomic E-state index is 10.8. The number of rotatable bonds is 7. The first kappa shape index (κ1) is 25.3. The molecule has 3 fully saturated rings. The Morgan fingerprint density at radius 2 is 1.83 bits per heavy atom. The minimum atomic E-state index is -0.446. The second-order valence-corrected chi connectivity index (χ2v) is 13.1. The lowest BCUT2D eigenvalue weighted by molar-refractivity contribution is -0.0573. The van der Waals surface area contributed by atoms with Gasteiger partial charge in [0.05, 0.1) is 19.3 Å². The highest BCUT2D eigenvalue weighted by molar-refractivity contribution is 5.34. The molecule has 0 heterocycles. The van der Waals surface area contributed by atoms with E-state index in [9.17, 15) is 10.2 Å². The third kappa shape index (κ3) is 4.39. The molecule has 0 radical (unpaired) electrons. The normalized spacial score (nSPS) is 40.2. The summed E-state index contributed by atoms with van der Waals surface area (Å²) in [4.78, 5) is 0. The van der Waals surface area contributed by atoms with Crippen LogP contribution in [0.3, 0.4) is 0 Å². The number of para-hydroxylation sites is 1. The fourth-order valence-corrected chi connectivity index (χ4v) is 9.55. The molecule has 2 N–H and O–H groups in total. The molecule has 4 aliphatic carbocycles. The van der Waals surface area contributed by atoms with Crippen LogP contribution in [-0.4, -0.2) is 23.4 Å². The Labute approximate surface area is 213 Å². The molecule has 2 unspecified atom stereocenters. The predicted molar refractivity (Wildman–Crippen MR) is 142 cm³/mol. The Hall–Kier alpha value is -1.32. The van der Waals surface area contributed by atoms with Gasteiger partial charge < -0.3 is 14.9 Å². The molecule has 0 bridgehead atoms. The fraction of sp³-hybridized carbons (Fsp3) is 0.750. The average molecular weight is 481 g/mol.